The first-order valence-electron chi connectivity index (χ1n) is 23.9. The Morgan fingerprint density at radius 3 is 2.49 bits per heavy atom. The molecule has 4 bridgehead atoms. The summed E-state index contributed by atoms with van der Waals surface area (Å²) in [4.78, 5) is 96.0. The Morgan fingerprint density at radius 2 is 1.83 bits per heavy atom. The van der Waals surface area contributed by atoms with E-state index < -0.39 is 65.4 Å². The topological polar surface area (TPSA) is 211 Å². The number of esters is 2. The van der Waals surface area contributed by atoms with Crippen LogP contribution in [0, 0.1) is 5.92 Å². The van der Waals surface area contributed by atoms with Crippen LogP contribution in [0.1, 0.15) is 98.5 Å². The van der Waals surface area contributed by atoms with Crippen molar-refractivity contribution >= 4 is 92.1 Å². The molecule has 17 nitrogen and oxygen atoms in total. The molecular formula is C50H71ClN4O13S3. The number of hydrogen-bond acceptors (Lipinski definition) is 16. The molecule has 1 unspecified atom stereocenters. The van der Waals surface area contributed by atoms with Gasteiger partial charge in [-0.3, -0.25) is 33.7 Å². The van der Waals surface area contributed by atoms with Crippen LogP contribution in [-0.4, -0.2) is 161 Å². The van der Waals surface area contributed by atoms with E-state index >= 15 is 0 Å². The number of nitrogens with zero attached hydrogens (tertiary/aromatic N) is 3. The van der Waals surface area contributed by atoms with Crippen molar-refractivity contribution in [2.45, 2.75) is 151 Å². The number of halogens is 1. The fraction of sp³-hybridized carbons (Fsp3) is 0.660. The number of fused-ring (bicyclic) bond motifs is 5. The minimum atomic E-state index is -1.61. The van der Waals surface area contributed by atoms with Crippen molar-refractivity contribution in [2.75, 3.05) is 58.3 Å². The van der Waals surface area contributed by atoms with Crippen LogP contribution in [0.2, 0.25) is 5.02 Å². The van der Waals surface area contributed by atoms with Gasteiger partial charge in [-0.2, -0.15) is 11.8 Å². The number of benzene rings is 1. The van der Waals surface area contributed by atoms with Crippen LogP contribution in [-0.2, 0) is 58.9 Å². The monoisotopic (exact) mass is 1070 g/mol. The van der Waals surface area contributed by atoms with Crippen LogP contribution in [0.25, 0.3) is 0 Å². The lowest BCUT2D eigenvalue weighted by molar-refractivity contribution is -0.187. The summed E-state index contributed by atoms with van der Waals surface area (Å²) in [6.07, 6.45) is 5.19. The summed E-state index contributed by atoms with van der Waals surface area (Å²) in [5.74, 6) is -2.17. The molecule has 2 N–H and O–H groups in total. The first-order chi connectivity index (χ1) is 33.4. The maximum Gasteiger partial charge on any atom is 0.328 e. The highest BCUT2D eigenvalue weighted by atomic mass is 35.5. The van der Waals surface area contributed by atoms with Crippen LogP contribution in [0.4, 0.5) is 5.69 Å². The molecule has 21 heteroatoms. The number of hydrogen-bond donors (Lipinski definition) is 2. The fourth-order valence-corrected chi connectivity index (χ4v) is 12.7. The minimum absolute atomic E-state index is 0.0314. The van der Waals surface area contributed by atoms with E-state index in [1.165, 1.54) is 47.7 Å². The molecule has 5 rings (SSSR count). The highest BCUT2D eigenvalue weighted by Crippen LogP contribution is 2.50. The molecule has 394 valence electrons. The van der Waals surface area contributed by atoms with Crippen molar-refractivity contribution in [3.05, 3.63) is 46.5 Å². The van der Waals surface area contributed by atoms with E-state index in [4.69, 9.17) is 35.3 Å². The van der Waals surface area contributed by atoms with Gasteiger partial charge < -0.3 is 43.9 Å². The third-order valence-corrected chi connectivity index (χ3v) is 18.5. The molecule has 4 aliphatic rings. The maximum atomic E-state index is 14.4. The van der Waals surface area contributed by atoms with Crippen LogP contribution in [0.5, 0.6) is 5.75 Å². The molecule has 9 atom stereocenters. The van der Waals surface area contributed by atoms with Gasteiger partial charge in [0, 0.05) is 76.4 Å². The molecule has 0 aromatic heterocycles. The number of ether oxygens (including phenoxy) is 5. The summed E-state index contributed by atoms with van der Waals surface area (Å²) < 4.78 is 29.4. The zero-order valence-electron chi connectivity index (χ0n) is 42.7. The number of carbonyl (C=O) groups excluding carboxylic acids is 7. The van der Waals surface area contributed by atoms with Crippen LogP contribution in [0.3, 0.4) is 0 Å². The molecule has 71 heavy (non-hydrogen) atoms. The number of amides is 5. The minimum Gasteiger partial charge on any atom is -0.495 e. The Bertz CT molecular complexity index is 2230. The van der Waals surface area contributed by atoms with Crippen molar-refractivity contribution in [1.29, 1.82) is 0 Å². The van der Waals surface area contributed by atoms with Gasteiger partial charge in [0.25, 0.3) is 0 Å². The number of epoxide rings is 1. The van der Waals surface area contributed by atoms with Gasteiger partial charge >= 0.3 is 11.9 Å². The second-order valence-corrected chi connectivity index (χ2v) is 24.2. The van der Waals surface area contributed by atoms with Crippen LogP contribution < -0.4 is 15.0 Å². The second kappa shape index (κ2) is 25.0. The number of likely N-dealkylation sites (tertiary alicyclic amines) is 1. The number of nitrogens with one attached hydrogen (secondary N) is 1. The smallest absolute Gasteiger partial charge is 0.328 e. The summed E-state index contributed by atoms with van der Waals surface area (Å²) in [5, 5.41) is 14.6. The summed E-state index contributed by atoms with van der Waals surface area (Å²) in [6, 6.07) is 2.54. The molecule has 1 aromatic rings. The zero-order chi connectivity index (χ0) is 52.6. The highest BCUT2D eigenvalue weighted by Gasteiger charge is 2.64. The lowest BCUT2D eigenvalue weighted by Crippen LogP contribution is -2.53. The Labute approximate surface area is 434 Å². The number of carbonyl (C=O) groups is 7. The quantitative estimate of drug-likeness (QED) is 0.0560. The standard InChI is InChI=1S/C50H71ClN4O13S3/c1-29-14-12-15-37(65-10)50(63)27-35(66-43(60)28-50)30(2)45-49(6,68-45)38(26-41(58)54(8)33-23-32(22-29)24-34(64-9)44(33)51)67-47(62)31(3)53(7)40(57)17-18-48(4,5)71-70-21-13-16-39(56)52-19-20-55-42(59)25-36(69-11)46(55)61/h12,14-15,23-24,30-31,35-38,45,63H,13,16-22,25-28H2,1-11H3,(H,52,56)/b15-12+,29-14+/t30-,31+,35+,36?,37-,38+,45+,49+,50-/m1/s1. The highest BCUT2D eigenvalue weighted by molar-refractivity contribution is 8.77. The lowest BCUT2D eigenvalue weighted by atomic mass is 9.78. The predicted octanol–water partition coefficient (Wildman–Crippen LogP) is 6.09. The third-order valence-electron chi connectivity index (χ3n) is 13.8. The van der Waals surface area contributed by atoms with E-state index in [2.05, 4.69) is 5.32 Å². The van der Waals surface area contributed by atoms with Gasteiger partial charge in [-0.15, -0.1) is 0 Å². The van der Waals surface area contributed by atoms with Gasteiger partial charge in [0.05, 0.1) is 37.0 Å². The van der Waals surface area contributed by atoms with E-state index in [0.29, 0.717) is 42.9 Å². The Kier molecular flexibility index (Phi) is 20.4. The van der Waals surface area contributed by atoms with E-state index in [1.807, 2.05) is 33.8 Å². The summed E-state index contributed by atoms with van der Waals surface area (Å²) in [7, 11) is 9.26. The number of rotatable bonds is 18. The first kappa shape index (κ1) is 58.1. The number of aliphatic hydroxyl groups is 1. The van der Waals surface area contributed by atoms with E-state index in [-0.39, 0.29) is 83.8 Å². The molecule has 0 aliphatic carbocycles. The lowest BCUT2D eigenvalue weighted by Gasteiger charge is -2.41. The molecule has 4 aliphatic heterocycles. The molecular weight excluding hydrogens is 996 g/mol. The predicted molar refractivity (Wildman–Crippen MR) is 276 cm³/mol. The van der Waals surface area contributed by atoms with Crippen molar-refractivity contribution < 1.29 is 62.4 Å². The van der Waals surface area contributed by atoms with Gasteiger partial charge in [0.2, 0.25) is 29.5 Å². The fourth-order valence-electron chi connectivity index (χ4n) is 9.06. The average Bonchev–Trinajstić information content (AvgIpc) is 3.94. The maximum absolute atomic E-state index is 14.4. The van der Waals surface area contributed by atoms with Crippen molar-refractivity contribution in [1.82, 2.24) is 15.1 Å². The van der Waals surface area contributed by atoms with Gasteiger partial charge in [0.15, 0.2) is 0 Å². The van der Waals surface area contributed by atoms with Gasteiger partial charge in [-0.1, -0.05) is 63.9 Å². The number of anilines is 1. The largest absolute Gasteiger partial charge is 0.495 e. The third kappa shape index (κ3) is 14.7. The number of imide groups is 1. The summed E-state index contributed by atoms with van der Waals surface area (Å²) in [5.41, 5.74) is -0.758. The Balaban J connectivity index is 1.22. The van der Waals surface area contributed by atoms with Crippen molar-refractivity contribution in [3.8, 4) is 5.75 Å². The van der Waals surface area contributed by atoms with Crippen LogP contribution in [0.15, 0.2) is 35.9 Å². The molecule has 3 fully saturated rings. The van der Waals surface area contributed by atoms with Gasteiger partial charge in [0.1, 0.15) is 46.3 Å². The SMILES string of the molecule is COc1cc2cc(c1Cl)N(C)C(=O)C[C@H](OC(=O)[C@H](C)N(C)C(=O)CCC(C)(C)SSCCCC(=O)NCCN1C(=O)CC(SC)C1=O)[C@]1(C)O[C@H]1[C@H](C)[C@@H]1C[C@@](O)(CC(=O)O1)[C@H](OC)/C=C/C=C(\C)C2. The number of likely N-dealkylation sites (N-methyl/N-ethyl adjacent to an activating group) is 1. The normalized spacial score (nSPS) is 28.8. The van der Waals surface area contributed by atoms with Crippen LogP contribution >= 0.6 is 45.0 Å². The number of methoxy groups -OCH3 is 2. The Hall–Kier alpha value is -3.79. The molecule has 4 heterocycles. The number of thioether (sulfide) groups is 1. The van der Waals surface area contributed by atoms with Gasteiger partial charge in [-0.25, -0.2) is 4.79 Å². The number of allylic oxidation sites excluding steroid dienone is 3. The van der Waals surface area contributed by atoms with Crippen molar-refractivity contribution in [3.63, 3.8) is 0 Å². The summed E-state index contributed by atoms with van der Waals surface area (Å²) >= 11 is 8.18. The molecule has 0 radical (unpaired) electrons. The molecule has 0 spiro atoms. The molecule has 3 saturated heterocycles. The zero-order valence-corrected chi connectivity index (χ0v) is 45.9. The first-order valence-corrected chi connectivity index (χ1v) is 27.9. The average molecular weight is 1070 g/mol. The van der Waals surface area contributed by atoms with E-state index in [1.54, 1.807) is 73.0 Å². The van der Waals surface area contributed by atoms with Crippen molar-refractivity contribution in [2.24, 2.45) is 5.92 Å². The van der Waals surface area contributed by atoms with Gasteiger partial charge in [-0.05, 0) is 77.8 Å². The molecule has 0 saturated carbocycles. The molecule has 5 amide bonds. The van der Waals surface area contributed by atoms with E-state index in [0.717, 1.165) is 11.1 Å². The summed E-state index contributed by atoms with van der Waals surface area (Å²) in [6.45, 7) is 11.4. The Morgan fingerprint density at radius 1 is 1.11 bits per heavy atom. The second-order valence-electron chi connectivity index (χ2n) is 19.7. The molecule has 1 aromatic carbocycles. The van der Waals surface area contributed by atoms with E-state index in [9.17, 15) is 38.7 Å².